The van der Waals surface area contributed by atoms with Crippen molar-refractivity contribution in [3.63, 3.8) is 0 Å². The van der Waals surface area contributed by atoms with Crippen molar-refractivity contribution in [3.8, 4) is 11.5 Å². The molecule has 0 saturated heterocycles. The minimum atomic E-state index is -0.167. The first-order valence-electron chi connectivity index (χ1n) is 10.3. The van der Waals surface area contributed by atoms with Crippen LogP contribution in [-0.4, -0.2) is 38.6 Å². The van der Waals surface area contributed by atoms with Gasteiger partial charge in [0.2, 0.25) is 11.8 Å². The average molecular weight is 434 g/mol. The summed E-state index contributed by atoms with van der Waals surface area (Å²) < 4.78 is 11.2. The van der Waals surface area contributed by atoms with Crippen molar-refractivity contribution in [3.05, 3.63) is 78.9 Å². The summed E-state index contributed by atoms with van der Waals surface area (Å²) in [5.41, 5.74) is 2.27. The minimum Gasteiger partial charge on any atom is -0.490 e. The zero-order valence-corrected chi connectivity index (χ0v) is 18.2. The average Bonchev–Trinajstić information content (AvgIpc) is 2.82. The van der Waals surface area contributed by atoms with Gasteiger partial charge in [0.05, 0.1) is 6.54 Å². The first-order chi connectivity index (χ1) is 15.5. The molecule has 0 unspecified atom stereocenters. The van der Waals surface area contributed by atoms with E-state index in [1.807, 2.05) is 54.6 Å². The first kappa shape index (κ1) is 22.7. The number of hydrogen-bond donors (Lipinski definition) is 2. The Morgan fingerprint density at radius 2 is 1.34 bits per heavy atom. The van der Waals surface area contributed by atoms with Crippen molar-refractivity contribution in [1.29, 1.82) is 0 Å². The van der Waals surface area contributed by atoms with Crippen LogP contribution in [-0.2, 0) is 9.59 Å². The number of nitrogens with one attached hydrogen (secondary N) is 2. The number of carbonyl (C=O) groups excluding carboxylic acids is 2. The molecule has 3 aromatic carbocycles. The fourth-order valence-corrected chi connectivity index (χ4v) is 2.84. The molecule has 0 saturated carbocycles. The maximum atomic E-state index is 12.2. The van der Waals surface area contributed by atoms with E-state index >= 15 is 0 Å². The SMILES string of the molecule is CC(=O)N(C)c1ccc(NCC(=O)Nc2ccc(OCCOc3ccccc3)cc2)cc1. The second kappa shape index (κ2) is 11.4. The highest BCUT2D eigenvalue weighted by Crippen LogP contribution is 2.18. The number of ether oxygens (including phenoxy) is 2. The van der Waals surface area contributed by atoms with Crippen LogP contribution in [0.4, 0.5) is 17.1 Å². The van der Waals surface area contributed by atoms with Gasteiger partial charge in [0, 0.05) is 31.0 Å². The summed E-state index contributed by atoms with van der Waals surface area (Å²) in [6.07, 6.45) is 0. The van der Waals surface area contributed by atoms with Gasteiger partial charge in [-0.25, -0.2) is 0 Å². The Balaban J connectivity index is 1.38. The lowest BCUT2D eigenvalue weighted by molar-refractivity contribution is -0.116. The maximum absolute atomic E-state index is 12.2. The van der Waals surface area contributed by atoms with Crippen molar-refractivity contribution in [1.82, 2.24) is 0 Å². The molecule has 32 heavy (non-hydrogen) atoms. The van der Waals surface area contributed by atoms with Crippen LogP contribution in [0.25, 0.3) is 0 Å². The van der Waals surface area contributed by atoms with Crippen molar-refractivity contribution < 1.29 is 19.1 Å². The molecule has 0 heterocycles. The van der Waals surface area contributed by atoms with Gasteiger partial charge in [0.1, 0.15) is 24.7 Å². The molecule has 0 radical (unpaired) electrons. The molecule has 0 fully saturated rings. The molecule has 0 atom stereocenters. The fourth-order valence-electron chi connectivity index (χ4n) is 2.84. The number of rotatable bonds is 10. The Morgan fingerprint density at radius 1 is 0.781 bits per heavy atom. The van der Waals surface area contributed by atoms with Crippen LogP contribution in [0.3, 0.4) is 0 Å². The molecule has 0 aliphatic heterocycles. The van der Waals surface area contributed by atoms with Gasteiger partial charge < -0.3 is 25.0 Å². The number of nitrogens with zero attached hydrogens (tertiary/aromatic N) is 1. The van der Waals surface area contributed by atoms with Crippen molar-refractivity contribution in [2.45, 2.75) is 6.92 Å². The number of anilines is 3. The van der Waals surface area contributed by atoms with Gasteiger partial charge in [0.25, 0.3) is 0 Å². The normalized spacial score (nSPS) is 10.2. The molecule has 2 N–H and O–H groups in total. The van der Waals surface area contributed by atoms with Gasteiger partial charge >= 0.3 is 0 Å². The van der Waals surface area contributed by atoms with Gasteiger partial charge in [-0.2, -0.15) is 0 Å². The van der Waals surface area contributed by atoms with E-state index in [4.69, 9.17) is 9.47 Å². The van der Waals surface area contributed by atoms with Gasteiger partial charge in [-0.15, -0.1) is 0 Å². The summed E-state index contributed by atoms with van der Waals surface area (Å²) in [7, 11) is 1.72. The molecule has 2 amide bonds. The third-order valence-corrected chi connectivity index (χ3v) is 4.68. The number of benzene rings is 3. The zero-order chi connectivity index (χ0) is 22.8. The summed E-state index contributed by atoms with van der Waals surface area (Å²) in [5, 5.41) is 5.90. The smallest absolute Gasteiger partial charge is 0.243 e. The molecule has 0 aliphatic rings. The molecule has 3 rings (SSSR count). The Labute approximate surface area is 188 Å². The zero-order valence-electron chi connectivity index (χ0n) is 18.2. The van der Waals surface area contributed by atoms with E-state index in [0.29, 0.717) is 24.7 Å². The largest absolute Gasteiger partial charge is 0.490 e. The molecule has 0 aromatic heterocycles. The highest BCUT2D eigenvalue weighted by atomic mass is 16.5. The summed E-state index contributed by atoms with van der Waals surface area (Å²) in [6, 6.07) is 24.1. The lowest BCUT2D eigenvalue weighted by Gasteiger charge is -2.15. The lowest BCUT2D eigenvalue weighted by Crippen LogP contribution is -2.23. The van der Waals surface area contributed by atoms with Crippen LogP contribution in [0.15, 0.2) is 78.9 Å². The second-order valence-electron chi connectivity index (χ2n) is 7.06. The van der Waals surface area contributed by atoms with Gasteiger partial charge in [-0.3, -0.25) is 9.59 Å². The Morgan fingerprint density at radius 3 is 1.94 bits per heavy atom. The van der Waals surface area contributed by atoms with Crippen molar-refractivity contribution >= 4 is 28.9 Å². The van der Waals surface area contributed by atoms with Gasteiger partial charge in [-0.05, 0) is 60.7 Å². The monoisotopic (exact) mass is 433 g/mol. The Hall–Kier alpha value is -4.00. The molecule has 166 valence electrons. The van der Waals surface area contributed by atoms with E-state index < -0.39 is 0 Å². The molecule has 0 spiro atoms. The Bertz CT molecular complexity index is 1010. The summed E-state index contributed by atoms with van der Waals surface area (Å²) >= 11 is 0. The highest BCUT2D eigenvalue weighted by Gasteiger charge is 2.06. The van der Waals surface area contributed by atoms with Crippen LogP contribution in [0.5, 0.6) is 11.5 Å². The lowest BCUT2D eigenvalue weighted by atomic mass is 10.2. The number of hydrogen-bond acceptors (Lipinski definition) is 5. The van der Waals surface area contributed by atoms with E-state index in [2.05, 4.69) is 10.6 Å². The number of carbonyl (C=O) groups is 2. The summed E-state index contributed by atoms with van der Waals surface area (Å²) in [6.45, 7) is 2.50. The molecule has 7 heteroatoms. The van der Waals surface area contributed by atoms with Crippen LogP contribution in [0, 0.1) is 0 Å². The molecular formula is C25H27N3O4. The van der Waals surface area contributed by atoms with Crippen LogP contribution in [0.2, 0.25) is 0 Å². The Kier molecular flexibility index (Phi) is 8.09. The summed E-state index contributed by atoms with van der Waals surface area (Å²) in [4.78, 5) is 25.2. The molecule has 0 bridgehead atoms. The van der Waals surface area contributed by atoms with Gasteiger partial charge in [-0.1, -0.05) is 18.2 Å². The van der Waals surface area contributed by atoms with Crippen molar-refractivity contribution in [2.75, 3.05) is 42.3 Å². The van der Waals surface area contributed by atoms with E-state index in [1.165, 1.54) is 6.92 Å². The molecular weight excluding hydrogens is 406 g/mol. The van der Waals surface area contributed by atoms with E-state index in [9.17, 15) is 9.59 Å². The van der Waals surface area contributed by atoms with Crippen LogP contribution >= 0.6 is 0 Å². The maximum Gasteiger partial charge on any atom is 0.243 e. The minimum absolute atomic E-state index is 0.0398. The van der Waals surface area contributed by atoms with E-state index in [1.54, 1.807) is 36.2 Å². The van der Waals surface area contributed by atoms with Crippen LogP contribution in [0.1, 0.15) is 6.92 Å². The number of para-hydroxylation sites is 1. The molecule has 0 aliphatic carbocycles. The third kappa shape index (κ3) is 7.05. The third-order valence-electron chi connectivity index (χ3n) is 4.68. The number of amides is 2. The highest BCUT2D eigenvalue weighted by molar-refractivity contribution is 5.94. The fraction of sp³-hybridized carbons (Fsp3) is 0.200. The van der Waals surface area contributed by atoms with E-state index in [-0.39, 0.29) is 18.4 Å². The molecule has 3 aromatic rings. The van der Waals surface area contributed by atoms with Crippen LogP contribution < -0.4 is 25.0 Å². The predicted molar refractivity (Wildman–Crippen MR) is 127 cm³/mol. The van der Waals surface area contributed by atoms with Gasteiger partial charge in [0.15, 0.2) is 0 Å². The first-order valence-corrected chi connectivity index (χ1v) is 10.3. The second-order valence-corrected chi connectivity index (χ2v) is 7.06. The van der Waals surface area contributed by atoms with E-state index in [0.717, 1.165) is 17.1 Å². The van der Waals surface area contributed by atoms with Crippen molar-refractivity contribution in [2.24, 2.45) is 0 Å². The molecule has 7 nitrogen and oxygen atoms in total. The summed E-state index contributed by atoms with van der Waals surface area (Å²) in [5.74, 6) is 1.30. The predicted octanol–water partition coefficient (Wildman–Crippen LogP) is 4.18. The standard InChI is InChI=1S/C25H27N3O4/c1-19(29)28(2)22-12-8-20(9-13-22)26-18-25(30)27-21-10-14-24(15-11-21)32-17-16-31-23-6-4-3-5-7-23/h3-15,26H,16-18H2,1-2H3,(H,27,30). The quantitative estimate of drug-likeness (QED) is 0.469. The topological polar surface area (TPSA) is 79.9 Å².